The molecular weight excluding hydrogens is 304 g/mol. The molecule has 2 heterocycles. The third kappa shape index (κ3) is 2.16. The summed E-state index contributed by atoms with van der Waals surface area (Å²) in [5.74, 6) is 0. The number of fused-ring (bicyclic) bond motifs is 1. The predicted molar refractivity (Wildman–Crippen MR) is 75.5 cm³/mol. The van der Waals surface area contributed by atoms with Gasteiger partial charge in [-0.05, 0) is 6.07 Å². The number of benzene rings is 1. The van der Waals surface area contributed by atoms with Crippen LogP contribution in [0.5, 0.6) is 0 Å². The second-order valence-electron chi connectivity index (χ2n) is 4.02. The van der Waals surface area contributed by atoms with Gasteiger partial charge in [-0.25, -0.2) is 13.4 Å². The summed E-state index contributed by atoms with van der Waals surface area (Å²) in [6.07, 6.45) is 4.07. The molecule has 0 fully saturated rings. The second kappa shape index (κ2) is 4.33. The largest absolute Gasteiger partial charge is 0.280 e. The van der Waals surface area contributed by atoms with Crippen LogP contribution in [0, 0.1) is 6.20 Å². The van der Waals surface area contributed by atoms with Gasteiger partial charge in [0.25, 0.3) is 0 Å². The lowest BCUT2D eigenvalue weighted by atomic mass is 10.2. The van der Waals surface area contributed by atoms with Crippen LogP contribution in [-0.2, 0) is 9.84 Å². The Labute approximate surface area is 119 Å². The van der Waals surface area contributed by atoms with Gasteiger partial charge in [0.15, 0.2) is 20.0 Å². The third-order valence-corrected chi connectivity index (χ3v) is 4.82. The number of imidazole rings is 1. The Bertz CT molecular complexity index is 865. The van der Waals surface area contributed by atoms with Gasteiger partial charge in [0.2, 0.25) is 0 Å². The first kappa shape index (κ1) is 12.7. The van der Waals surface area contributed by atoms with Gasteiger partial charge in [0, 0.05) is 17.2 Å². The van der Waals surface area contributed by atoms with Crippen LogP contribution in [0.1, 0.15) is 0 Å². The SMILES string of the molecule is CS(=O)(=O)c1ccccc1-c1csc2nc(Cl)[c]n12. The maximum atomic E-state index is 11.8. The molecule has 4 nitrogen and oxygen atoms in total. The number of hydrogen-bond donors (Lipinski definition) is 0. The van der Waals surface area contributed by atoms with E-state index in [0.717, 1.165) is 5.69 Å². The van der Waals surface area contributed by atoms with E-state index in [9.17, 15) is 8.42 Å². The van der Waals surface area contributed by atoms with Crippen molar-refractivity contribution in [3.8, 4) is 11.3 Å². The van der Waals surface area contributed by atoms with E-state index in [4.69, 9.17) is 11.6 Å². The van der Waals surface area contributed by atoms with E-state index in [-0.39, 0.29) is 10.0 Å². The highest BCUT2D eigenvalue weighted by molar-refractivity contribution is 7.90. The number of rotatable bonds is 2. The van der Waals surface area contributed by atoms with Crippen LogP contribution in [0.3, 0.4) is 0 Å². The topological polar surface area (TPSA) is 51.4 Å². The summed E-state index contributed by atoms with van der Waals surface area (Å²) >= 11 is 7.20. The molecule has 0 atom stereocenters. The lowest BCUT2D eigenvalue weighted by Crippen LogP contribution is -2.00. The van der Waals surface area contributed by atoms with Gasteiger partial charge in [-0.3, -0.25) is 4.40 Å². The highest BCUT2D eigenvalue weighted by atomic mass is 35.5. The molecule has 0 spiro atoms. The Morgan fingerprint density at radius 2 is 2.11 bits per heavy atom. The minimum absolute atomic E-state index is 0.268. The first-order valence-corrected chi connectivity index (χ1v) is 8.46. The fourth-order valence-corrected chi connectivity index (χ4v) is 3.84. The van der Waals surface area contributed by atoms with Gasteiger partial charge < -0.3 is 0 Å². The van der Waals surface area contributed by atoms with Crippen LogP contribution in [0.25, 0.3) is 16.2 Å². The molecule has 7 heteroatoms. The average molecular weight is 312 g/mol. The number of halogens is 1. The number of aromatic nitrogens is 2. The van der Waals surface area contributed by atoms with Crippen LogP contribution < -0.4 is 0 Å². The summed E-state index contributed by atoms with van der Waals surface area (Å²) in [5, 5.41) is 2.11. The van der Waals surface area contributed by atoms with Crippen molar-refractivity contribution >= 4 is 37.7 Å². The quantitative estimate of drug-likeness (QED) is 0.731. The van der Waals surface area contributed by atoms with Crippen molar-refractivity contribution in [3.63, 3.8) is 0 Å². The zero-order valence-corrected chi connectivity index (χ0v) is 12.2. The number of nitrogens with zero attached hydrogens (tertiary/aromatic N) is 2. The van der Waals surface area contributed by atoms with E-state index in [2.05, 4.69) is 11.2 Å². The molecule has 19 heavy (non-hydrogen) atoms. The lowest BCUT2D eigenvalue weighted by molar-refractivity contribution is 0.602. The maximum Gasteiger partial charge on any atom is 0.196 e. The standard InChI is InChI=1S/C12H8ClN2O2S2/c1-19(16,17)10-5-3-2-4-8(10)9-7-18-12-14-11(13)6-15(9)12/h2-5,7H,1H3. The molecule has 0 aliphatic rings. The molecule has 2 aromatic heterocycles. The van der Waals surface area contributed by atoms with E-state index >= 15 is 0 Å². The van der Waals surface area contributed by atoms with Crippen LogP contribution in [-0.4, -0.2) is 24.1 Å². The molecule has 0 bridgehead atoms. The van der Waals surface area contributed by atoms with Crippen molar-refractivity contribution in [2.45, 2.75) is 4.90 Å². The Kier molecular flexibility index (Phi) is 2.88. The van der Waals surface area contributed by atoms with E-state index < -0.39 is 9.84 Å². The predicted octanol–water partition coefficient (Wildman–Crippen LogP) is 2.92. The Morgan fingerprint density at radius 1 is 1.37 bits per heavy atom. The van der Waals surface area contributed by atoms with Gasteiger partial charge in [-0.15, -0.1) is 11.3 Å². The van der Waals surface area contributed by atoms with E-state index in [1.165, 1.54) is 17.6 Å². The molecule has 0 saturated heterocycles. The van der Waals surface area contributed by atoms with Crippen molar-refractivity contribution in [2.75, 3.05) is 6.26 Å². The third-order valence-electron chi connectivity index (χ3n) is 2.67. The zero-order valence-electron chi connectivity index (χ0n) is 9.79. The van der Waals surface area contributed by atoms with Crippen LogP contribution in [0.4, 0.5) is 0 Å². The first-order valence-electron chi connectivity index (χ1n) is 5.31. The molecule has 3 aromatic rings. The highest BCUT2D eigenvalue weighted by Gasteiger charge is 2.17. The lowest BCUT2D eigenvalue weighted by Gasteiger charge is -2.06. The number of hydrogen-bond acceptors (Lipinski definition) is 4. The summed E-state index contributed by atoms with van der Waals surface area (Å²) in [6, 6.07) is 6.85. The highest BCUT2D eigenvalue weighted by Crippen LogP contribution is 2.31. The molecule has 1 radical (unpaired) electrons. The number of thiazole rings is 1. The van der Waals surface area contributed by atoms with Crippen LogP contribution in [0.2, 0.25) is 5.15 Å². The van der Waals surface area contributed by atoms with E-state index in [0.29, 0.717) is 10.5 Å². The minimum Gasteiger partial charge on any atom is -0.280 e. The second-order valence-corrected chi connectivity index (χ2v) is 7.20. The Morgan fingerprint density at radius 3 is 2.84 bits per heavy atom. The van der Waals surface area contributed by atoms with Crippen molar-refractivity contribution in [1.29, 1.82) is 0 Å². The van der Waals surface area contributed by atoms with Crippen molar-refractivity contribution in [2.24, 2.45) is 0 Å². The molecule has 0 aliphatic heterocycles. The molecular formula is C12H8ClN2O2S2. The zero-order chi connectivity index (χ0) is 13.6. The molecule has 0 N–H and O–H groups in total. The van der Waals surface area contributed by atoms with Gasteiger partial charge in [0.1, 0.15) is 6.20 Å². The molecule has 97 valence electrons. The summed E-state index contributed by atoms with van der Waals surface area (Å²) in [7, 11) is -3.30. The molecule has 0 amide bonds. The average Bonchev–Trinajstić information content (AvgIpc) is 2.86. The first-order chi connectivity index (χ1) is 8.97. The fraction of sp³-hybridized carbons (Fsp3) is 0.0833. The fourth-order valence-electron chi connectivity index (χ4n) is 1.89. The van der Waals surface area contributed by atoms with Gasteiger partial charge >= 0.3 is 0 Å². The normalized spacial score (nSPS) is 12.1. The van der Waals surface area contributed by atoms with Crippen molar-refractivity contribution in [3.05, 3.63) is 41.0 Å². The molecule has 1 aromatic carbocycles. The molecule has 0 unspecified atom stereocenters. The Balaban J connectivity index is 2.33. The molecule has 0 saturated carbocycles. The van der Waals surface area contributed by atoms with Gasteiger partial charge in [-0.1, -0.05) is 29.8 Å². The summed E-state index contributed by atoms with van der Waals surface area (Å²) < 4.78 is 25.3. The Hall–Kier alpha value is -1.37. The summed E-state index contributed by atoms with van der Waals surface area (Å²) in [6.45, 7) is 0. The van der Waals surface area contributed by atoms with E-state index in [1.807, 2.05) is 5.38 Å². The summed E-state index contributed by atoms with van der Waals surface area (Å²) in [5.41, 5.74) is 1.35. The monoisotopic (exact) mass is 311 g/mol. The van der Waals surface area contributed by atoms with Crippen molar-refractivity contribution in [1.82, 2.24) is 9.38 Å². The van der Waals surface area contributed by atoms with E-state index in [1.54, 1.807) is 28.7 Å². The maximum absolute atomic E-state index is 11.8. The van der Waals surface area contributed by atoms with Gasteiger partial charge in [0.05, 0.1) is 10.6 Å². The van der Waals surface area contributed by atoms with Crippen LogP contribution >= 0.6 is 22.9 Å². The minimum atomic E-state index is -3.30. The summed E-state index contributed by atoms with van der Waals surface area (Å²) in [4.78, 5) is 5.06. The number of sulfone groups is 1. The molecule has 0 aliphatic carbocycles. The smallest absolute Gasteiger partial charge is 0.196 e. The van der Waals surface area contributed by atoms with Gasteiger partial charge in [-0.2, -0.15) is 0 Å². The van der Waals surface area contributed by atoms with Crippen molar-refractivity contribution < 1.29 is 8.42 Å². The molecule has 3 rings (SSSR count). The van der Waals surface area contributed by atoms with Crippen LogP contribution in [0.15, 0.2) is 34.5 Å².